The first-order valence-corrected chi connectivity index (χ1v) is 14.6. The number of ether oxygens (including phenoxy) is 2. The third-order valence-electron chi connectivity index (χ3n) is 5.45. The van der Waals surface area contributed by atoms with Crippen LogP contribution in [-0.4, -0.2) is 29.9 Å². The second kappa shape index (κ2) is 12.1. The number of rotatable bonds is 7. The minimum Gasteiger partial charge on any atom is -0.488 e. The predicted octanol–water partition coefficient (Wildman–Crippen LogP) is 5.77. The van der Waals surface area contributed by atoms with Crippen molar-refractivity contribution in [2.24, 2.45) is 4.99 Å². The van der Waals surface area contributed by atoms with Crippen LogP contribution in [0.5, 0.6) is 5.75 Å². The molecule has 0 radical (unpaired) electrons. The molecule has 3 aromatic rings. The molecule has 0 spiro atoms. The fourth-order valence-electron chi connectivity index (χ4n) is 3.92. The van der Waals surface area contributed by atoms with Crippen LogP contribution in [0.25, 0.3) is 6.08 Å². The first-order chi connectivity index (χ1) is 18.5. The molecule has 39 heavy (non-hydrogen) atoms. The molecule has 0 saturated heterocycles. The highest BCUT2D eigenvalue weighted by Gasteiger charge is 2.45. The van der Waals surface area contributed by atoms with Gasteiger partial charge in [0.25, 0.3) is 5.56 Å². The standard InChI is InChI=1S/C26H18ClF3I2N2O4S/c1-3-9-38-21-14(10-16(31)12-17(21)32)11-18-23(35)34-20(13-5-7-15(27)8-6-13)19(24(36)37-4-2)22(26(28,29)30)33-25(34)39-18/h3,5-8,10-12,20H,1,4,9H2,2H3/b18-11-/t20-/m0/s1. The molecule has 0 aliphatic carbocycles. The minimum atomic E-state index is -4.99. The molecule has 2 aromatic carbocycles. The van der Waals surface area contributed by atoms with Gasteiger partial charge in [-0.25, -0.2) is 9.79 Å². The highest BCUT2D eigenvalue weighted by Crippen LogP contribution is 2.38. The molecule has 0 fully saturated rings. The van der Waals surface area contributed by atoms with E-state index in [1.165, 1.54) is 31.2 Å². The number of carbonyl (C=O) groups excluding carboxylic acids is 1. The number of thiazole rings is 1. The van der Waals surface area contributed by atoms with Crippen molar-refractivity contribution in [2.45, 2.75) is 19.1 Å². The fraction of sp³-hybridized carbons (Fsp3) is 0.192. The number of aromatic nitrogens is 1. The van der Waals surface area contributed by atoms with Gasteiger partial charge in [-0.1, -0.05) is 47.7 Å². The van der Waals surface area contributed by atoms with E-state index in [0.29, 0.717) is 16.3 Å². The third kappa shape index (κ3) is 6.28. The molecule has 0 unspecified atom stereocenters. The lowest BCUT2D eigenvalue weighted by Gasteiger charge is -2.26. The van der Waals surface area contributed by atoms with Gasteiger partial charge in [-0.05, 0) is 88.0 Å². The average Bonchev–Trinajstić information content (AvgIpc) is 3.17. The topological polar surface area (TPSA) is 69.9 Å². The minimum absolute atomic E-state index is 0.112. The van der Waals surface area contributed by atoms with E-state index in [-0.39, 0.29) is 28.1 Å². The summed E-state index contributed by atoms with van der Waals surface area (Å²) in [6.07, 6.45) is -1.86. The number of nitrogens with zero attached hydrogens (tertiary/aromatic N) is 2. The maximum atomic E-state index is 14.3. The van der Waals surface area contributed by atoms with Crippen molar-refractivity contribution >= 4 is 80.2 Å². The van der Waals surface area contributed by atoms with Gasteiger partial charge in [-0.2, -0.15) is 13.2 Å². The van der Waals surface area contributed by atoms with E-state index in [1.807, 2.05) is 6.07 Å². The van der Waals surface area contributed by atoms with Crippen LogP contribution < -0.4 is 19.6 Å². The van der Waals surface area contributed by atoms with E-state index in [4.69, 9.17) is 21.1 Å². The van der Waals surface area contributed by atoms with Crippen molar-refractivity contribution in [3.8, 4) is 5.75 Å². The van der Waals surface area contributed by atoms with Crippen LogP contribution >= 0.6 is 68.1 Å². The largest absolute Gasteiger partial charge is 0.488 e. The van der Waals surface area contributed by atoms with Crippen LogP contribution in [0.4, 0.5) is 13.2 Å². The maximum Gasteiger partial charge on any atom is 0.434 e. The summed E-state index contributed by atoms with van der Waals surface area (Å²) in [7, 11) is 0. The summed E-state index contributed by atoms with van der Waals surface area (Å²) in [5.41, 5.74) is -2.00. The van der Waals surface area contributed by atoms with Crippen LogP contribution in [0.1, 0.15) is 24.1 Å². The number of carbonyl (C=O) groups is 1. The summed E-state index contributed by atoms with van der Waals surface area (Å²) in [4.78, 5) is 30.3. The molecule has 204 valence electrons. The first kappa shape index (κ1) is 29.8. The number of hydrogen-bond acceptors (Lipinski definition) is 6. The van der Waals surface area contributed by atoms with E-state index in [9.17, 15) is 22.8 Å². The van der Waals surface area contributed by atoms with Crippen LogP contribution in [0, 0.1) is 7.14 Å². The Morgan fingerprint density at radius 3 is 2.56 bits per heavy atom. The first-order valence-electron chi connectivity index (χ1n) is 11.2. The van der Waals surface area contributed by atoms with Crippen molar-refractivity contribution in [3.05, 3.63) is 103 Å². The van der Waals surface area contributed by atoms with Gasteiger partial charge in [0.1, 0.15) is 12.4 Å². The molecule has 1 aliphatic rings. The van der Waals surface area contributed by atoms with Crippen LogP contribution in [0.3, 0.4) is 0 Å². The third-order valence-corrected chi connectivity index (χ3v) is 8.11. The highest BCUT2D eigenvalue weighted by molar-refractivity contribution is 14.1. The zero-order valence-electron chi connectivity index (χ0n) is 20.0. The molecule has 1 atom stereocenters. The number of esters is 1. The molecule has 4 rings (SSSR count). The zero-order valence-corrected chi connectivity index (χ0v) is 25.9. The van der Waals surface area contributed by atoms with Crippen LogP contribution in [0.15, 0.2) is 70.1 Å². The van der Waals surface area contributed by atoms with E-state index in [2.05, 4.69) is 56.8 Å². The van der Waals surface area contributed by atoms with Gasteiger partial charge in [0.15, 0.2) is 10.5 Å². The van der Waals surface area contributed by atoms with Crippen molar-refractivity contribution < 1.29 is 27.4 Å². The predicted molar refractivity (Wildman–Crippen MR) is 160 cm³/mol. The molecule has 6 nitrogen and oxygen atoms in total. The maximum absolute atomic E-state index is 14.3. The molecule has 1 aromatic heterocycles. The summed E-state index contributed by atoms with van der Waals surface area (Å²) in [6, 6.07) is 8.11. The summed E-state index contributed by atoms with van der Waals surface area (Å²) >= 11 is 11.0. The van der Waals surface area contributed by atoms with Gasteiger partial charge < -0.3 is 9.47 Å². The normalized spacial score (nSPS) is 15.6. The number of benzene rings is 2. The van der Waals surface area contributed by atoms with Crippen molar-refractivity contribution in [3.63, 3.8) is 0 Å². The Morgan fingerprint density at radius 2 is 1.95 bits per heavy atom. The number of halogens is 6. The highest BCUT2D eigenvalue weighted by atomic mass is 127. The number of alkyl halides is 3. The molecule has 2 heterocycles. The van der Waals surface area contributed by atoms with Crippen molar-refractivity contribution in [1.29, 1.82) is 0 Å². The Bertz CT molecular complexity index is 1660. The van der Waals surface area contributed by atoms with E-state index < -0.39 is 35.0 Å². The van der Waals surface area contributed by atoms with Gasteiger partial charge in [-0.3, -0.25) is 9.36 Å². The second-order valence-electron chi connectivity index (χ2n) is 8.02. The van der Waals surface area contributed by atoms with Crippen molar-refractivity contribution in [1.82, 2.24) is 4.57 Å². The lowest BCUT2D eigenvalue weighted by Crippen LogP contribution is -2.41. The molecule has 0 saturated carbocycles. The zero-order chi connectivity index (χ0) is 28.5. The summed E-state index contributed by atoms with van der Waals surface area (Å²) in [5, 5.41) is 0.337. The van der Waals surface area contributed by atoms with Gasteiger partial charge in [0, 0.05) is 14.2 Å². The van der Waals surface area contributed by atoms with Gasteiger partial charge in [-0.15, -0.1) is 0 Å². The Balaban J connectivity index is 2.05. The van der Waals surface area contributed by atoms with Crippen LogP contribution in [0.2, 0.25) is 5.02 Å². The van der Waals surface area contributed by atoms with E-state index >= 15 is 0 Å². The molecule has 13 heteroatoms. The Morgan fingerprint density at radius 1 is 1.26 bits per heavy atom. The Hall–Kier alpha value is -2.17. The van der Waals surface area contributed by atoms with Crippen LogP contribution in [-0.2, 0) is 9.53 Å². The number of hydrogen-bond donors (Lipinski definition) is 0. The Labute approximate surface area is 256 Å². The summed E-state index contributed by atoms with van der Waals surface area (Å²) < 4.78 is 56.4. The molecule has 0 bridgehead atoms. The van der Waals surface area contributed by atoms with Gasteiger partial charge in [0.2, 0.25) is 0 Å². The Kier molecular flexibility index (Phi) is 9.28. The van der Waals surface area contributed by atoms with Gasteiger partial charge >= 0.3 is 12.1 Å². The smallest absolute Gasteiger partial charge is 0.434 e. The summed E-state index contributed by atoms with van der Waals surface area (Å²) in [6.45, 7) is 5.18. The number of allylic oxidation sites excluding steroid dienone is 1. The average molecular weight is 801 g/mol. The lowest BCUT2D eigenvalue weighted by atomic mass is 9.95. The van der Waals surface area contributed by atoms with E-state index in [1.54, 1.807) is 18.2 Å². The van der Waals surface area contributed by atoms with Gasteiger partial charge in [0.05, 0.1) is 26.3 Å². The quantitative estimate of drug-likeness (QED) is 0.173. The molecule has 1 aliphatic heterocycles. The number of fused-ring (bicyclic) bond motifs is 1. The van der Waals surface area contributed by atoms with Crippen molar-refractivity contribution in [2.75, 3.05) is 13.2 Å². The fourth-order valence-corrected chi connectivity index (χ4v) is 7.09. The molecular weight excluding hydrogens is 783 g/mol. The lowest BCUT2D eigenvalue weighted by molar-refractivity contribution is -0.140. The molecule has 0 amide bonds. The van der Waals surface area contributed by atoms with E-state index in [0.717, 1.165) is 23.0 Å². The second-order valence-corrected chi connectivity index (χ2v) is 11.9. The SMILES string of the molecule is C=CCOc1c(I)cc(I)cc1/C=c1\sc2n(c1=O)[C@@H](c1ccc(Cl)cc1)C(C(=O)OCC)=C(C(F)(F)F)N=2. The molecule has 0 N–H and O–H groups in total. The summed E-state index contributed by atoms with van der Waals surface area (Å²) in [5.74, 6) is -0.714. The monoisotopic (exact) mass is 800 g/mol. The molecular formula is C26H18ClF3I2N2O4S.